The fourth-order valence-electron chi connectivity index (χ4n) is 3.05. The minimum absolute atomic E-state index is 0.0392. The Morgan fingerprint density at radius 3 is 2.06 bits per heavy atom. The Bertz CT molecular complexity index is 1310. The predicted octanol–water partition coefficient (Wildman–Crippen LogP) is 3.83. The maximum Gasteiger partial charge on any atom is 0.408 e. The van der Waals surface area contributed by atoms with Crippen LogP contribution in [0.3, 0.4) is 0 Å². The van der Waals surface area contributed by atoms with Crippen molar-refractivity contribution in [1.82, 2.24) is 9.78 Å². The summed E-state index contributed by atoms with van der Waals surface area (Å²) in [7, 11) is -2.51. The Hall–Kier alpha value is -3.28. The number of ether oxygens (including phenoxy) is 1. The van der Waals surface area contributed by atoms with Crippen LogP contribution in [0, 0.1) is 11.6 Å². The molecule has 0 aliphatic carbocycles. The SMILES string of the molecule is COc1c(F)cc(-c2c(-c3ccc(S(C)(=O)=O)cc3)cnn(CC(F)(F)F)c2=O)cc1F. The van der Waals surface area contributed by atoms with Crippen LogP contribution >= 0.6 is 0 Å². The van der Waals surface area contributed by atoms with Gasteiger partial charge in [0.15, 0.2) is 27.2 Å². The number of methoxy groups -OCH3 is 1. The van der Waals surface area contributed by atoms with Crippen LogP contribution in [-0.2, 0) is 16.4 Å². The van der Waals surface area contributed by atoms with Crippen LogP contribution < -0.4 is 10.3 Å². The van der Waals surface area contributed by atoms with Gasteiger partial charge in [-0.3, -0.25) is 4.79 Å². The molecule has 0 saturated heterocycles. The molecular weight excluding hydrogens is 459 g/mol. The number of hydrogen-bond donors (Lipinski definition) is 0. The van der Waals surface area contributed by atoms with E-state index in [-0.39, 0.29) is 26.3 Å². The largest absolute Gasteiger partial charge is 0.491 e. The van der Waals surface area contributed by atoms with E-state index < -0.39 is 51.1 Å². The smallest absolute Gasteiger partial charge is 0.408 e. The van der Waals surface area contributed by atoms with Crippen molar-refractivity contribution in [2.45, 2.75) is 17.6 Å². The van der Waals surface area contributed by atoms with Crippen molar-refractivity contribution >= 4 is 9.84 Å². The molecule has 0 saturated carbocycles. The van der Waals surface area contributed by atoms with Crippen LogP contribution in [-0.4, -0.2) is 37.7 Å². The zero-order chi connectivity index (χ0) is 23.8. The van der Waals surface area contributed by atoms with E-state index in [2.05, 4.69) is 9.84 Å². The highest BCUT2D eigenvalue weighted by atomic mass is 32.2. The van der Waals surface area contributed by atoms with Gasteiger partial charge in [-0.2, -0.15) is 18.3 Å². The molecule has 3 aromatic rings. The van der Waals surface area contributed by atoms with Crippen LogP contribution in [0.1, 0.15) is 0 Å². The minimum Gasteiger partial charge on any atom is -0.491 e. The molecule has 0 radical (unpaired) electrons. The van der Waals surface area contributed by atoms with Gasteiger partial charge in [0.1, 0.15) is 6.54 Å². The van der Waals surface area contributed by atoms with Gasteiger partial charge in [0.25, 0.3) is 5.56 Å². The third kappa shape index (κ3) is 4.79. The third-order valence-corrected chi connectivity index (χ3v) is 5.59. The first-order valence-electron chi connectivity index (χ1n) is 8.82. The summed E-state index contributed by atoms with van der Waals surface area (Å²) >= 11 is 0. The quantitative estimate of drug-likeness (QED) is 0.526. The zero-order valence-corrected chi connectivity index (χ0v) is 17.4. The first-order valence-corrected chi connectivity index (χ1v) is 10.7. The zero-order valence-electron chi connectivity index (χ0n) is 16.6. The molecule has 0 spiro atoms. The number of hydrogen-bond acceptors (Lipinski definition) is 5. The van der Waals surface area contributed by atoms with E-state index in [0.717, 1.165) is 31.7 Å². The fourth-order valence-corrected chi connectivity index (χ4v) is 3.68. The van der Waals surface area contributed by atoms with E-state index in [4.69, 9.17) is 0 Å². The summed E-state index contributed by atoms with van der Waals surface area (Å²) in [6.07, 6.45) is -2.85. The lowest BCUT2D eigenvalue weighted by atomic mass is 9.97. The third-order valence-electron chi connectivity index (χ3n) is 4.46. The molecule has 0 unspecified atom stereocenters. The summed E-state index contributed by atoms with van der Waals surface area (Å²) in [6.45, 7) is -1.72. The Balaban J connectivity index is 2.29. The van der Waals surface area contributed by atoms with Crippen LogP contribution in [0.4, 0.5) is 22.0 Å². The summed E-state index contributed by atoms with van der Waals surface area (Å²) in [5.74, 6) is -3.06. The number of halogens is 5. The molecule has 1 heterocycles. The molecule has 170 valence electrons. The van der Waals surface area contributed by atoms with Crippen molar-refractivity contribution in [1.29, 1.82) is 0 Å². The van der Waals surface area contributed by atoms with Crippen LogP contribution in [0.2, 0.25) is 0 Å². The number of benzene rings is 2. The summed E-state index contributed by atoms with van der Waals surface area (Å²) < 4.78 is 95.2. The monoisotopic (exact) mass is 474 g/mol. The first-order chi connectivity index (χ1) is 14.8. The van der Waals surface area contributed by atoms with Crippen molar-refractivity contribution in [2.24, 2.45) is 0 Å². The normalized spacial score (nSPS) is 12.1. The maximum atomic E-state index is 14.3. The van der Waals surface area contributed by atoms with Crippen molar-refractivity contribution in [3.63, 3.8) is 0 Å². The number of alkyl halides is 3. The van der Waals surface area contributed by atoms with Crippen molar-refractivity contribution in [3.8, 4) is 28.0 Å². The molecule has 32 heavy (non-hydrogen) atoms. The molecule has 12 heteroatoms. The van der Waals surface area contributed by atoms with Crippen LogP contribution in [0.25, 0.3) is 22.3 Å². The molecule has 0 atom stereocenters. The molecule has 0 bridgehead atoms. The molecule has 0 N–H and O–H groups in total. The van der Waals surface area contributed by atoms with Gasteiger partial charge in [0.05, 0.1) is 23.8 Å². The summed E-state index contributed by atoms with van der Waals surface area (Å²) in [5, 5.41) is 3.53. The van der Waals surface area contributed by atoms with Crippen molar-refractivity contribution < 1.29 is 35.1 Å². The summed E-state index contributed by atoms with van der Waals surface area (Å²) in [6, 6.07) is 6.58. The van der Waals surface area contributed by atoms with Crippen LogP contribution in [0.5, 0.6) is 5.75 Å². The van der Waals surface area contributed by atoms with Gasteiger partial charge in [-0.15, -0.1) is 0 Å². The van der Waals surface area contributed by atoms with Crippen LogP contribution in [0.15, 0.2) is 52.3 Å². The topological polar surface area (TPSA) is 78.3 Å². The van der Waals surface area contributed by atoms with Gasteiger partial charge in [-0.05, 0) is 35.4 Å². The van der Waals surface area contributed by atoms with E-state index >= 15 is 0 Å². The van der Waals surface area contributed by atoms with Gasteiger partial charge in [0, 0.05) is 11.8 Å². The number of aromatic nitrogens is 2. The van der Waals surface area contributed by atoms with E-state index in [9.17, 15) is 35.2 Å². The molecule has 6 nitrogen and oxygen atoms in total. The molecule has 3 rings (SSSR count). The lowest BCUT2D eigenvalue weighted by Gasteiger charge is -2.15. The predicted molar refractivity (Wildman–Crippen MR) is 105 cm³/mol. The molecule has 2 aromatic carbocycles. The van der Waals surface area contributed by atoms with Gasteiger partial charge in [-0.1, -0.05) is 12.1 Å². The maximum absolute atomic E-state index is 14.3. The lowest BCUT2D eigenvalue weighted by Crippen LogP contribution is -2.31. The van der Waals surface area contributed by atoms with Gasteiger partial charge < -0.3 is 4.74 Å². The highest BCUT2D eigenvalue weighted by Crippen LogP contribution is 2.33. The molecular formula is C20H15F5N2O4S. The Labute approximate surface area is 178 Å². The highest BCUT2D eigenvalue weighted by molar-refractivity contribution is 7.90. The van der Waals surface area contributed by atoms with E-state index in [1.165, 1.54) is 24.3 Å². The van der Waals surface area contributed by atoms with Crippen molar-refractivity contribution in [3.05, 3.63) is 64.6 Å². The molecule has 0 aliphatic rings. The second kappa shape index (κ2) is 8.34. The average Bonchev–Trinajstić information content (AvgIpc) is 2.67. The standard InChI is InChI=1S/C20H15F5N2O4S/c1-31-18-15(21)7-12(8-16(18)22)17-14(9-26-27(19(17)28)10-20(23,24)25)11-3-5-13(6-4-11)32(2,29)30/h3-9H,10H2,1-2H3. The summed E-state index contributed by atoms with van der Waals surface area (Å²) in [5.41, 5.74) is -1.87. The van der Waals surface area contributed by atoms with Crippen molar-refractivity contribution in [2.75, 3.05) is 13.4 Å². The lowest BCUT2D eigenvalue weighted by molar-refractivity contribution is -0.143. The number of nitrogens with zero attached hydrogens (tertiary/aromatic N) is 2. The fraction of sp³-hybridized carbons (Fsp3) is 0.200. The number of sulfone groups is 1. The van der Waals surface area contributed by atoms with Gasteiger partial charge in [0.2, 0.25) is 0 Å². The molecule has 0 fully saturated rings. The van der Waals surface area contributed by atoms with Gasteiger partial charge in [-0.25, -0.2) is 21.9 Å². The van der Waals surface area contributed by atoms with E-state index in [1.54, 1.807) is 0 Å². The Morgan fingerprint density at radius 1 is 1.03 bits per heavy atom. The summed E-state index contributed by atoms with van der Waals surface area (Å²) in [4.78, 5) is 12.8. The second-order valence-corrected chi connectivity index (χ2v) is 8.80. The average molecular weight is 474 g/mol. The van der Waals surface area contributed by atoms with E-state index in [1.807, 2.05) is 0 Å². The first kappa shape index (κ1) is 23.4. The Morgan fingerprint density at radius 2 is 1.59 bits per heavy atom. The van der Waals surface area contributed by atoms with E-state index in [0.29, 0.717) is 0 Å². The Kier molecular flexibility index (Phi) is 6.09. The minimum atomic E-state index is -4.77. The molecule has 0 aliphatic heterocycles. The molecule has 1 aromatic heterocycles. The second-order valence-electron chi connectivity index (χ2n) is 6.78. The van der Waals surface area contributed by atoms with Gasteiger partial charge >= 0.3 is 6.18 Å². The number of rotatable bonds is 5. The highest BCUT2D eigenvalue weighted by Gasteiger charge is 2.30. The molecule has 0 amide bonds.